The summed E-state index contributed by atoms with van der Waals surface area (Å²) < 4.78 is 18.7. The maximum absolute atomic E-state index is 13.8. The molecule has 0 aliphatic carbocycles. The summed E-state index contributed by atoms with van der Waals surface area (Å²) in [7, 11) is 1.47. The Morgan fingerprint density at radius 3 is 2.37 bits per heavy atom. The fourth-order valence-corrected chi connectivity index (χ4v) is 1.72. The van der Waals surface area contributed by atoms with E-state index in [2.05, 4.69) is 33.0 Å². The van der Waals surface area contributed by atoms with Crippen molar-refractivity contribution < 1.29 is 9.13 Å². The maximum atomic E-state index is 13.8. The van der Waals surface area contributed by atoms with Crippen molar-refractivity contribution in [3.05, 3.63) is 29.6 Å². The van der Waals surface area contributed by atoms with Crippen molar-refractivity contribution in [3.8, 4) is 5.75 Å². The Balaban J connectivity index is 2.85. The van der Waals surface area contributed by atoms with Crippen LogP contribution in [0.2, 0.25) is 0 Å². The molecule has 0 atom stereocenters. The van der Waals surface area contributed by atoms with Crippen LogP contribution in [0.5, 0.6) is 5.75 Å². The highest BCUT2D eigenvalue weighted by Crippen LogP contribution is 2.27. The normalized spacial score (nSPS) is 12.6. The molecule has 0 saturated heterocycles. The molecule has 1 aromatic rings. The fourth-order valence-electron chi connectivity index (χ4n) is 1.72. The minimum absolute atomic E-state index is 0.123. The largest absolute Gasteiger partial charge is 0.494 e. The van der Waals surface area contributed by atoms with Crippen molar-refractivity contribution in [1.82, 2.24) is 5.32 Å². The molecular formula is C15H25FN2O. The quantitative estimate of drug-likeness (QED) is 0.833. The van der Waals surface area contributed by atoms with Gasteiger partial charge in [-0.3, -0.25) is 0 Å². The summed E-state index contributed by atoms with van der Waals surface area (Å²) in [4.78, 5) is 0. The van der Waals surface area contributed by atoms with Crippen LogP contribution in [0.3, 0.4) is 0 Å². The second-order valence-electron chi connectivity index (χ2n) is 6.17. The van der Waals surface area contributed by atoms with E-state index < -0.39 is 0 Å². The van der Waals surface area contributed by atoms with Crippen LogP contribution in [0.4, 0.5) is 4.39 Å². The third-order valence-electron chi connectivity index (χ3n) is 3.45. The summed E-state index contributed by atoms with van der Waals surface area (Å²) >= 11 is 0. The number of ether oxygens (including phenoxy) is 1. The second-order valence-corrected chi connectivity index (χ2v) is 6.17. The molecule has 0 radical (unpaired) electrons. The van der Waals surface area contributed by atoms with E-state index in [4.69, 9.17) is 10.5 Å². The van der Waals surface area contributed by atoms with Crippen molar-refractivity contribution in [1.29, 1.82) is 0 Å². The van der Waals surface area contributed by atoms with Gasteiger partial charge in [0.1, 0.15) is 0 Å². The molecule has 0 aliphatic heterocycles. The van der Waals surface area contributed by atoms with Gasteiger partial charge in [-0.1, -0.05) is 19.9 Å². The monoisotopic (exact) mass is 268 g/mol. The number of rotatable bonds is 6. The van der Waals surface area contributed by atoms with Gasteiger partial charge in [-0.2, -0.15) is 0 Å². The number of hydrogen-bond acceptors (Lipinski definition) is 3. The Hall–Kier alpha value is -1.13. The van der Waals surface area contributed by atoms with E-state index in [1.165, 1.54) is 13.2 Å². The number of nitrogens with one attached hydrogen (secondary N) is 1. The van der Waals surface area contributed by atoms with Crippen LogP contribution < -0.4 is 15.8 Å². The molecule has 0 aromatic heterocycles. The molecule has 3 N–H and O–H groups in total. The number of hydrogen-bond donors (Lipinski definition) is 2. The van der Waals surface area contributed by atoms with Crippen LogP contribution in [0.25, 0.3) is 0 Å². The second kappa shape index (κ2) is 5.88. The molecule has 0 bridgehead atoms. The predicted octanol–water partition coefficient (Wildman–Crippen LogP) is 2.44. The molecule has 0 fully saturated rings. The van der Waals surface area contributed by atoms with Crippen LogP contribution in [-0.4, -0.2) is 25.7 Å². The van der Waals surface area contributed by atoms with E-state index in [1.807, 2.05) is 6.07 Å². The number of benzene rings is 1. The van der Waals surface area contributed by atoms with Gasteiger partial charge >= 0.3 is 0 Å². The molecule has 0 amide bonds. The van der Waals surface area contributed by atoms with Crippen LogP contribution in [0.15, 0.2) is 18.2 Å². The smallest absolute Gasteiger partial charge is 0.165 e. The first-order valence-corrected chi connectivity index (χ1v) is 6.51. The summed E-state index contributed by atoms with van der Waals surface area (Å²) in [6, 6.07) is 5.11. The van der Waals surface area contributed by atoms with Gasteiger partial charge in [-0.25, -0.2) is 4.39 Å². The lowest BCUT2D eigenvalue weighted by Gasteiger charge is -2.32. The predicted molar refractivity (Wildman–Crippen MR) is 77.1 cm³/mol. The van der Waals surface area contributed by atoms with Gasteiger partial charge in [0.2, 0.25) is 0 Å². The van der Waals surface area contributed by atoms with Crippen LogP contribution in [0.1, 0.15) is 33.3 Å². The number of halogens is 1. The molecule has 4 heteroatoms. The lowest BCUT2D eigenvalue weighted by molar-refractivity contribution is 0.345. The lowest BCUT2D eigenvalue weighted by atomic mass is 9.83. The Kier molecular flexibility index (Phi) is 4.93. The van der Waals surface area contributed by atoms with Gasteiger partial charge in [0.05, 0.1) is 7.11 Å². The third-order valence-corrected chi connectivity index (χ3v) is 3.45. The highest BCUT2D eigenvalue weighted by atomic mass is 19.1. The minimum atomic E-state index is -0.328. The lowest BCUT2D eigenvalue weighted by Crippen LogP contribution is -2.50. The average molecular weight is 268 g/mol. The van der Waals surface area contributed by atoms with Crippen molar-refractivity contribution in [2.45, 2.75) is 38.6 Å². The van der Waals surface area contributed by atoms with Crippen LogP contribution >= 0.6 is 0 Å². The van der Waals surface area contributed by atoms with E-state index in [-0.39, 0.29) is 22.5 Å². The molecule has 0 saturated carbocycles. The van der Waals surface area contributed by atoms with Crippen molar-refractivity contribution in [2.24, 2.45) is 5.73 Å². The molecule has 0 unspecified atom stereocenters. The Morgan fingerprint density at radius 1 is 1.26 bits per heavy atom. The molecule has 0 aliphatic rings. The SMILES string of the molecule is COc1ccc(C(C)(C)CNC(C)(C)CN)cc1F. The molecule has 0 heterocycles. The topological polar surface area (TPSA) is 47.3 Å². The standard InChI is InChI=1S/C15H25FN2O/c1-14(2,10-18-15(3,4)9-17)11-6-7-13(19-5)12(16)8-11/h6-8,18H,9-10,17H2,1-5H3. The zero-order chi connectivity index (χ0) is 14.7. The number of nitrogens with two attached hydrogens (primary N) is 1. The van der Waals surface area contributed by atoms with E-state index in [9.17, 15) is 4.39 Å². The number of methoxy groups -OCH3 is 1. The van der Waals surface area contributed by atoms with Crippen molar-refractivity contribution in [2.75, 3.05) is 20.2 Å². The van der Waals surface area contributed by atoms with E-state index >= 15 is 0 Å². The van der Waals surface area contributed by atoms with Crippen molar-refractivity contribution >= 4 is 0 Å². The summed E-state index contributed by atoms with van der Waals surface area (Å²) in [6.07, 6.45) is 0. The highest BCUT2D eigenvalue weighted by Gasteiger charge is 2.25. The Labute approximate surface area is 115 Å². The first-order chi connectivity index (χ1) is 8.72. The van der Waals surface area contributed by atoms with Crippen LogP contribution in [-0.2, 0) is 5.41 Å². The van der Waals surface area contributed by atoms with Gasteiger partial charge in [0, 0.05) is 24.0 Å². The summed E-state index contributed by atoms with van der Waals surface area (Å²) in [5.41, 5.74) is 6.33. The molecule has 1 rings (SSSR count). The van der Waals surface area contributed by atoms with Gasteiger partial charge in [-0.15, -0.1) is 0 Å². The van der Waals surface area contributed by atoms with Gasteiger partial charge < -0.3 is 15.8 Å². The highest BCUT2D eigenvalue weighted by molar-refractivity contribution is 5.33. The van der Waals surface area contributed by atoms with Crippen molar-refractivity contribution in [3.63, 3.8) is 0 Å². The first kappa shape index (κ1) is 15.9. The molecule has 1 aromatic carbocycles. The zero-order valence-corrected chi connectivity index (χ0v) is 12.5. The van der Waals surface area contributed by atoms with E-state index in [1.54, 1.807) is 6.07 Å². The molecule has 0 spiro atoms. The van der Waals surface area contributed by atoms with Crippen LogP contribution in [0, 0.1) is 5.82 Å². The molecular weight excluding hydrogens is 243 g/mol. The van der Waals surface area contributed by atoms with Gasteiger partial charge in [0.15, 0.2) is 11.6 Å². The Bertz CT molecular complexity index is 430. The average Bonchev–Trinajstić information content (AvgIpc) is 2.36. The summed E-state index contributed by atoms with van der Waals surface area (Å²) in [5, 5.41) is 3.42. The molecule has 3 nitrogen and oxygen atoms in total. The zero-order valence-electron chi connectivity index (χ0n) is 12.5. The third kappa shape index (κ3) is 4.18. The minimum Gasteiger partial charge on any atom is -0.494 e. The Morgan fingerprint density at radius 2 is 1.89 bits per heavy atom. The summed E-state index contributed by atoms with van der Waals surface area (Å²) in [5.74, 6) is -0.0547. The molecule has 19 heavy (non-hydrogen) atoms. The summed E-state index contributed by atoms with van der Waals surface area (Å²) in [6.45, 7) is 9.54. The van der Waals surface area contributed by atoms with E-state index in [0.29, 0.717) is 6.54 Å². The maximum Gasteiger partial charge on any atom is 0.165 e. The fraction of sp³-hybridized carbons (Fsp3) is 0.600. The van der Waals surface area contributed by atoms with E-state index in [0.717, 1.165) is 12.1 Å². The first-order valence-electron chi connectivity index (χ1n) is 6.51. The van der Waals surface area contributed by atoms with Gasteiger partial charge in [0.25, 0.3) is 0 Å². The molecule has 108 valence electrons. The van der Waals surface area contributed by atoms with Gasteiger partial charge in [-0.05, 0) is 31.5 Å².